The summed E-state index contributed by atoms with van der Waals surface area (Å²) in [6, 6.07) is 9.96. The van der Waals surface area contributed by atoms with Crippen LogP contribution in [0.25, 0.3) is 16.6 Å². The number of nitrogens with one attached hydrogen (secondary N) is 2. The van der Waals surface area contributed by atoms with Gasteiger partial charge in [0, 0.05) is 28.9 Å². The molecule has 2 N–H and O–H groups in total. The Balaban J connectivity index is 1.30. The number of fused-ring (bicyclic) bond motifs is 1. The van der Waals surface area contributed by atoms with Crippen LogP contribution in [0.5, 0.6) is 17.4 Å². The number of benzene rings is 2. The lowest BCUT2D eigenvalue weighted by Crippen LogP contribution is -2.30. The Morgan fingerprint density at radius 2 is 1.64 bits per heavy atom. The van der Waals surface area contributed by atoms with Crippen molar-refractivity contribution in [3.8, 4) is 23.1 Å². The van der Waals surface area contributed by atoms with Crippen LogP contribution in [0.1, 0.15) is 40.4 Å². The second kappa shape index (κ2) is 11.8. The molecule has 0 radical (unpaired) electrons. The van der Waals surface area contributed by atoms with Gasteiger partial charge in [-0.15, -0.1) is 0 Å². The summed E-state index contributed by atoms with van der Waals surface area (Å²) in [6.07, 6.45) is 4.59. The number of aromatic nitrogens is 4. The Labute approximate surface area is 255 Å². The van der Waals surface area contributed by atoms with E-state index in [1.54, 1.807) is 24.3 Å². The number of halogens is 2. The number of aryl methyl sites for hydroxylation is 1. The molecule has 0 unspecified atom stereocenters. The van der Waals surface area contributed by atoms with Crippen LogP contribution in [0.4, 0.5) is 26.0 Å². The van der Waals surface area contributed by atoms with Crippen LogP contribution in [0.15, 0.2) is 59.8 Å². The molecule has 6 rings (SSSR count). The van der Waals surface area contributed by atoms with Gasteiger partial charge in [0.25, 0.3) is 11.5 Å². The zero-order chi connectivity index (χ0) is 31.8. The molecule has 1 fully saturated rings. The number of hydrogen-bond acceptors (Lipinski definition) is 9. The number of amides is 1. The number of ether oxygens (including phenoxy) is 3. The van der Waals surface area contributed by atoms with E-state index >= 15 is 8.78 Å². The topological polar surface area (TPSA) is 129 Å². The first-order valence-electron chi connectivity index (χ1n) is 13.9. The monoisotopic (exact) mass is 614 g/mol. The first-order chi connectivity index (χ1) is 21.7. The van der Waals surface area contributed by atoms with Crippen molar-refractivity contribution in [3.05, 3.63) is 93.8 Å². The van der Waals surface area contributed by atoms with E-state index in [-0.39, 0.29) is 23.0 Å². The van der Waals surface area contributed by atoms with E-state index in [1.165, 1.54) is 44.5 Å². The molecule has 0 aliphatic heterocycles. The van der Waals surface area contributed by atoms with Crippen LogP contribution in [-0.4, -0.2) is 46.8 Å². The number of carbonyl (C=O) groups is 1. The Morgan fingerprint density at radius 1 is 0.933 bits per heavy atom. The summed E-state index contributed by atoms with van der Waals surface area (Å²) in [5.74, 6) is -1.33. The normalized spacial score (nSPS) is 12.6. The highest BCUT2D eigenvalue weighted by Gasteiger charge is 2.29. The quantitative estimate of drug-likeness (QED) is 0.216. The summed E-state index contributed by atoms with van der Waals surface area (Å²) in [7, 11) is 4.43. The maximum absolute atomic E-state index is 15.3. The fourth-order valence-electron chi connectivity index (χ4n) is 5.10. The summed E-state index contributed by atoms with van der Waals surface area (Å²) in [6.45, 7) is 1.81. The van der Waals surface area contributed by atoms with Crippen molar-refractivity contribution < 1.29 is 27.8 Å². The van der Waals surface area contributed by atoms with Crippen molar-refractivity contribution in [2.45, 2.75) is 25.7 Å². The average Bonchev–Trinajstić information content (AvgIpc) is 3.88. The minimum absolute atomic E-state index is 0.121. The van der Waals surface area contributed by atoms with E-state index in [4.69, 9.17) is 14.2 Å². The molecule has 0 spiro atoms. The summed E-state index contributed by atoms with van der Waals surface area (Å²) in [4.78, 5) is 39.6. The SMILES string of the molecule is COc1cc(C)c(-n2c(C3CC3)ccc(C(=O)Nc3cc(F)c(Nc4ncnc5cc(OC)c(OC)cc45)c(F)c3)c2=O)cn1. The van der Waals surface area contributed by atoms with Gasteiger partial charge < -0.3 is 24.8 Å². The highest BCUT2D eigenvalue weighted by atomic mass is 19.1. The number of hydrogen-bond donors (Lipinski definition) is 2. The highest BCUT2D eigenvalue weighted by molar-refractivity contribution is 6.04. The molecule has 0 saturated heterocycles. The number of carbonyl (C=O) groups excluding carboxylic acids is 1. The largest absolute Gasteiger partial charge is 0.493 e. The Hall–Kier alpha value is -5.59. The number of methoxy groups -OCH3 is 3. The van der Waals surface area contributed by atoms with Crippen LogP contribution in [0.2, 0.25) is 0 Å². The second-order valence-corrected chi connectivity index (χ2v) is 10.4. The molecule has 0 bridgehead atoms. The van der Waals surface area contributed by atoms with E-state index < -0.39 is 28.8 Å². The molecule has 11 nitrogen and oxygen atoms in total. The molecule has 45 heavy (non-hydrogen) atoms. The number of pyridine rings is 2. The van der Waals surface area contributed by atoms with Crippen LogP contribution in [0.3, 0.4) is 0 Å². The Bertz CT molecular complexity index is 2010. The molecular formula is C32H28F2N6O5. The van der Waals surface area contributed by atoms with Gasteiger partial charge in [-0.3, -0.25) is 14.2 Å². The van der Waals surface area contributed by atoms with E-state index in [0.717, 1.165) is 36.2 Å². The molecule has 230 valence electrons. The third-order valence-electron chi connectivity index (χ3n) is 7.54. The molecule has 13 heteroatoms. The van der Waals surface area contributed by atoms with Gasteiger partial charge in [0.15, 0.2) is 23.1 Å². The average molecular weight is 615 g/mol. The number of nitrogens with zero attached hydrogens (tertiary/aromatic N) is 4. The maximum atomic E-state index is 15.3. The van der Waals surface area contributed by atoms with Gasteiger partial charge in [-0.2, -0.15) is 0 Å². The minimum atomic E-state index is -1.00. The number of anilines is 3. The van der Waals surface area contributed by atoms with Gasteiger partial charge in [0.1, 0.15) is 23.4 Å². The van der Waals surface area contributed by atoms with Crippen molar-refractivity contribution in [2.24, 2.45) is 0 Å². The van der Waals surface area contributed by atoms with Gasteiger partial charge in [-0.05, 0) is 61.6 Å². The van der Waals surface area contributed by atoms with E-state index in [9.17, 15) is 9.59 Å². The standard InChI is InChI=1S/C32H28F2N6O5/c1-16-9-28(45-4)35-14-25(16)40-24(17-5-6-17)8-7-19(32(40)42)31(41)38-18-10-21(33)29(22(34)11-18)39-30-20-12-26(43-2)27(44-3)13-23(20)36-15-37-30/h7-15,17H,5-6H2,1-4H3,(H,38,41)(H,36,37,39). The molecule has 0 atom stereocenters. The lowest BCUT2D eigenvalue weighted by Gasteiger charge is -2.17. The molecule has 1 amide bonds. The molecule has 1 saturated carbocycles. The third-order valence-corrected chi connectivity index (χ3v) is 7.54. The van der Waals surface area contributed by atoms with Crippen LogP contribution >= 0.6 is 0 Å². The molecular weight excluding hydrogens is 586 g/mol. The van der Waals surface area contributed by atoms with Crippen LogP contribution in [-0.2, 0) is 0 Å². The Kier molecular flexibility index (Phi) is 7.75. The predicted molar refractivity (Wildman–Crippen MR) is 163 cm³/mol. The Morgan fingerprint density at radius 3 is 2.29 bits per heavy atom. The second-order valence-electron chi connectivity index (χ2n) is 10.4. The summed E-state index contributed by atoms with van der Waals surface area (Å²) in [5.41, 5.74) is 0.993. The fourth-order valence-corrected chi connectivity index (χ4v) is 5.10. The van der Waals surface area contributed by atoms with Crippen LogP contribution in [0, 0.1) is 18.6 Å². The molecule has 1 aliphatic rings. The lowest BCUT2D eigenvalue weighted by atomic mass is 10.1. The first kappa shape index (κ1) is 29.5. The summed E-state index contributed by atoms with van der Waals surface area (Å²) >= 11 is 0. The lowest BCUT2D eigenvalue weighted by molar-refractivity contribution is 0.102. The molecule has 5 aromatic rings. The number of rotatable bonds is 9. The van der Waals surface area contributed by atoms with Gasteiger partial charge in [0.2, 0.25) is 5.88 Å². The minimum Gasteiger partial charge on any atom is -0.493 e. The van der Waals surface area contributed by atoms with Crippen molar-refractivity contribution in [1.29, 1.82) is 0 Å². The van der Waals surface area contributed by atoms with Crippen molar-refractivity contribution in [1.82, 2.24) is 19.5 Å². The van der Waals surface area contributed by atoms with Gasteiger partial charge in [-0.1, -0.05) is 0 Å². The van der Waals surface area contributed by atoms with E-state index in [0.29, 0.717) is 34.0 Å². The molecule has 2 aromatic carbocycles. The molecule has 1 aliphatic carbocycles. The van der Waals surface area contributed by atoms with Crippen LogP contribution < -0.4 is 30.4 Å². The van der Waals surface area contributed by atoms with Crippen molar-refractivity contribution in [2.75, 3.05) is 32.0 Å². The van der Waals surface area contributed by atoms with Gasteiger partial charge in [0.05, 0.1) is 38.7 Å². The summed E-state index contributed by atoms with van der Waals surface area (Å²) < 4.78 is 47.9. The zero-order valence-electron chi connectivity index (χ0n) is 24.8. The first-order valence-corrected chi connectivity index (χ1v) is 13.9. The highest BCUT2D eigenvalue weighted by Crippen LogP contribution is 2.41. The summed E-state index contributed by atoms with van der Waals surface area (Å²) in [5, 5.41) is 5.56. The van der Waals surface area contributed by atoms with Crippen molar-refractivity contribution in [3.63, 3.8) is 0 Å². The molecule has 3 heterocycles. The van der Waals surface area contributed by atoms with E-state index in [1.807, 2.05) is 6.92 Å². The van der Waals surface area contributed by atoms with Gasteiger partial charge in [-0.25, -0.2) is 23.7 Å². The molecule has 3 aromatic heterocycles. The smallest absolute Gasteiger partial charge is 0.268 e. The maximum Gasteiger partial charge on any atom is 0.268 e. The zero-order valence-corrected chi connectivity index (χ0v) is 24.8. The van der Waals surface area contributed by atoms with E-state index in [2.05, 4.69) is 25.6 Å². The third kappa shape index (κ3) is 5.59. The van der Waals surface area contributed by atoms with Crippen molar-refractivity contribution >= 4 is 34.0 Å². The predicted octanol–water partition coefficient (Wildman–Crippen LogP) is 5.66. The fraction of sp³-hybridized carbons (Fsp3) is 0.219. The van der Waals surface area contributed by atoms with Gasteiger partial charge >= 0.3 is 0 Å².